The number of aliphatic carboxylic acids is 1. The number of carboxylic acid groups (broad SMARTS) is 1. The molecule has 12 N–H and O–H groups in total. The Morgan fingerprint density at radius 2 is 1.14 bits per heavy atom. The van der Waals surface area contributed by atoms with Gasteiger partial charge >= 0.3 is 36.0 Å². The van der Waals surface area contributed by atoms with Gasteiger partial charge in [0.25, 0.3) is 11.8 Å². The third kappa shape index (κ3) is 32.0. The van der Waals surface area contributed by atoms with Crippen molar-refractivity contribution in [3.05, 3.63) is 88.7 Å². The maximum absolute atomic E-state index is 15.2. The SMILES string of the molecule is CCC(CO)OC(CO)OC.CCC(CO)OC(COC(=O)CCCC(=O)NC(C)C(=O)OCCCCC(=O)[C@]1(O)C2N(C)c3cc(C)c([C@@]4(C)C[C@@H]5CN(CCc6c4[nH]c4ccccc64)CC(O)(CC)C5)cc3[C@@]23CCN2CC=C[C@](CC)(C23)[C@H]1O)OC.CCC(CO)OC(COC(=O)CCCC(=O)NCCN1C(=O)C=CC1=O)OC.CCC(CO)OC(COC(=O)CCCC(=O)O)OC.O=C=O. The fourth-order valence-corrected chi connectivity index (χ4v) is 19.9. The second-order valence-electron chi connectivity index (χ2n) is 36.3. The molecular weight excluding hydrogens is 1820 g/mol. The number of H-pyrrole nitrogens is 1. The minimum atomic E-state index is -2.17. The number of aromatic nitrogens is 1. The Morgan fingerprint density at radius 1 is 0.619 bits per heavy atom. The largest absolute Gasteiger partial charge is 0.481 e. The van der Waals surface area contributed by atoms with Gasteiger partial charge in [-0.05, 0) is 164 Å². The van der Waals surface area contributed by atoms with Crippen molar-refractivity contribution in [2.45, 2.75) is 299 Å². The summed E-state index contributed by atoms with van der Waals surface area (Å²) in [4.78, 5) is 149. The molecule has 2 bridgehead atoms. The first kappa shape index (κ1) is 119. The number of esters is 4. The Balaban J connectivity index is 0.000000392. The highest BCUT2D eigenvalue weighted by atomic mass is 16.7. The van der Waals surface area contributed by atoms with Crippen LogP contribution in [0.15, 0.2) is 60.7 Å². The molecule has 10 rings (SSSR count). The molecule has 40 heteroatoms. The number of fused-ring (bicyclic) bond motifs is 6. The van der Waals surface area contributed by atoms with Crippen LogP contribution >= 0.6 is 0 Å². The number of likely N-dealkylation sites (N-methyl/N-ethyl adjacent to an activating group) is 1. The number of Topliss-reactive ketones (excluding diaryl/α,β-unsaturated/α-hetero) is 1. The van der Waals surface area contributed by atoms with E-state index in [1.54, 1.807) is 0 Å². The molecule has 3 aromatic rings. The molecule has 3 fully saturated rings. The van der Waals surface area contributed by atoms with E-state index in [9.17, 15) is 63.6 Å². The zero-order chi connectivity index (χ0) is 103. The fourth-order valence-electron chi connectivity index (χ4n) is 19.9. The predicted octanol–water partition coefficient (Wildman–Crippen LogP) is 4.86. The molecule has 782 valence electrons. The van der Waals surface area contributed by atoms with Crippen LogP contribution in [-0.2, 0) is 132 Å². The summed E-state index contributed by atoms with van der Waals surface area (Å²) < 4.78 is 62.1. The predicted molar refractivity (Wildman–Crippen MR) is 503 cm³/mol. The van der Waals surface area contributed by atoms with E-state index in [1.807, 2.05) is 34.7 Å². The van der Waals surface area contributed by atoms with E-state index in [-0.39, 0.29) is 173 Å². The highest BCUT2D eigenvalue weighted by Gasteiger charge is 2.78. The number of benzene rings is 2. The monoisotopic (exact) mass is 1970 g/mol. The summed E-state index contributed by atoms with van der Waals surface area (Å²) in [6.07, 6.45) is 9.09. The molecule has 40 nitrogen and oxygen atoms in total. The molecule has 6 aliphatic heterocycles. The van der Waals surface area contributed by atoms with Crippen molar-refractivity contribution in [1.29, 1.82) is 0 Å². The fraction of sp³-hybridized carbons (Fsp3) is 0.707. The number of carbonyl (C=O) groups is 10. The molecule has 7 aliphatic rings. The van der Waals surface area contributed by atoms with Crippen molar-refractivity contribution < 1.29 is 160 Å². The molecule has 13 unspecified atom stereocenters. The number of unbranched alkanes of at least 4 members (excludes halogenated alkanes) is 1. The van der Waals surface area contributed by atoms with Crippen LogP contribution in [0.1, 0.15) is 218 Å². The summed E-state index contributed by atoms with van der Waals surface area (Å²) in [5.41, 5.74) is 2.93. The van der Waals surface area contributed by atoms with E-state index in [0.29, 0.717) is 70.9 Å². The number of piperidine rings is 1. The van der Waals surface area contributed by atoms with E-state index in [2.05, 4.69) is 107 Å². The molecule has 7 heterocycles. The first-order valence-corrected chi connectivity index (χ1v) is 48.4. The first-order chi connectivity index (χ1) is 66.4. The first-order valence-electron chi connectivity index (χ1n) is 48.4. The van der Waals surface area contributed by atoms with Gasteiger partial charge in [0.2, 0.25) is 11.8 Å². The summed E-state index contributed by atoms with van der Waals surface area (Å²) in [6, 6.07) is 11.4. The molecule has 2 aromatic carbocycles. The lowest BCUT2D eigenvalue weighted by molar-refractivity contribution is -0.202. The van der Waals surface area contributed by atoms with E-state index < -0.39 is 136 Å². The van der Waals surface area contributed by atoms with Crippen LogP contribution in [0.3, 0.4) is 0 Å². The van der Waals surface area contributed by atoms with Crippen LogP contribution < -0.4 is 15.5 Å². The minimum Gasteiger partial charge on any atom is -0.481 e. The van der Waals surface area contributed by atoms with Gasteiger partial charge in [0, 0.05) is 176 Å². The standard InChI is InChI=1S/C61H87N5O12.C18H28N2O8.C12H22O7.C7H16O4.CO2/c1-9-41(35-67)78-51(75-8)36-77-50(70)22-16-21-49(69)62-39(5)53(71)76-29-15-14-20-48(68)61(74)55-60(25-28-66-26-17-24-59(11-3,54(60)66)56(61)72)45-31-44(38(4)30-47(45)64(55)7)57(6)32-40-33-58(73,10-2)37-65(34-40)27-23-43-42-18-12-13-19-46(42)63-52(43)57;1-3-13(11-21)28-18(26-2)12-27-17(25)6-4-5-14(22)19-9-10-20-15(23)7-8-16(20)24;1-3-9(7-13)19-12(17-2)8-18-11(16)6-4-5-10(14)15;1-3-6(4-8)11-7(5-9)10-2;2-1-3/h12-13,17-19,24,30-31,39-41,51,54-56,63,67,72-74H,9-11,14-16,20-23,25-29,32-37H2,1-8H3,(H,62,69);7-8,13,18,21H,3-6,9-12H2,1-2H3,(H,19,22);9,12-13H,3-8H2,1-2H3,(H,14,15);6-9H,3-5H2,1-2H3;/t39?,40-,41?,51?,54?,55?,56+,57+,58?,59+,60+,61-;;;;/m0..../s1. The smallest absolute Gasteiger partial charge is 0.373 e. The van der Waals surface area contributed by atoms with Gasteiger partial charge in [0.1, 0.15) is 32.0 Å². The summed E-state index contributed by atoms with van der Waals surface area (Å²) >= 11 is 0. The second kappa shape index (κ2) is 58.6. The molecule has 1 spiro atoms. The number of amides is 4. The van der Waals surface area contributed by atoms with Gasteiger partial charge in [-0.2, -0.15) is 9.59 Å². The molecule has 1 saturated carbocycles. The number of aromatic amines is 1. The van der Waals surface area contributed by atoms with E-state index in [0.717, 1.165) is 66.1 Å². The van der Waals surface area contributed by atoms with Crippen molar-refractivity contribution in [3.8, 4) is 0 Å². The Hall–Kier alpha value is -8.98. The molecule has 2 saturated heterocycles. The maximum Gasteiger partial charge on any atom is 0.373 e. The van der Waals surface area contributed by atoms with Crippen LogP contribution in [0.25, 0.3) is 10.9 Å². The average Bonchev–Trinajstić information content (AvgIpc) is 1.48. The molecule has 1 aromatic heterocycles. The summed E-state index contributed by atoms with van der Waals surface area (Å²) in [5, 5.41) is 98.2. The van der Waals surface area contributed by atoms with E-state index in [4.69, 9.17) is 92.0 Å². The van der Waals surface area contributed by atoms with E-state index >= 15 is 4.79 Å². The van der Waals surface area contributed by atoms with Crippen LogP contribution in [0, 0.1) is 18.3 Å². The quantitative estimate of drug-likeness (QED) is 0.00897. The number of aliphatic hydroxyl groups excluding tert-OH is 6. The average molecular weight is 1970 g/mol. The highest BCUT2D eigenvalue weighted by Crippen LogP contribution is 2.67. The molecule has 0 radical (unpaired) electrons. The Labute approximate surface area is 814 Å². The van der Waals surface area contributed by atoms with Crippen LogP contribution in [0.2, 0.25) is 0 Å². The van der Waals surface area contributed by atoms with Crippen molar-refractivity contribution >= 4 is 82.0 Å². The van der Waals surface area contributed by atoms with Crippen LogP contribution in [0.4, 0.5) is 5.69 Å². The van der Waals surface area contributed by atoms with Crippen molar-refractivity contribution in [1.82, 2.24) is 30.3 Å². The summed E-state index contributed by atoms with van der Waals surface area (Å²) in [7, 11) is 7.66. The third-order valence-corrected chi connectivity index (χ3v) is 27.2. The molecule has 139 heavy (non-hydrogen) atoms. The zero-order valence-electron chi connectivity index (χ0n) is 83.3. The number of carboxylic acids is 1. The van der Waals surface area contributed by atoms with Gasteiger partial charge in [-0.25, -0.2) is 4.79 Å². The lowest BCUT2D eigenvalue weighted by atomic mass is 9.47. The number of ether oxygens (including phenoxy) is 12. The minimum absolute atomic E-state index is 0.0183. The number of methoxy groups -OCH3 is 4. The van der Waals surface area contributed by atoms with Crippen molar-refractivity contribution in [2.24, 2.45) is 11.3 Å². The summed E-state index contributed by atoms with van der Waals surface area (Å²) in [5.74, 6) is -4.85. The zero-order valence-corrected chi connectivity index (χ0v) is 83.3. The van der Waals surface area contributed by atoms with Gasteiger partial charge < -0.3 is 123 Å². The van der Waals surface area contributed by atoms with E-state index in [1.165, 1.54) is 69.7 Å². The number of aliphatic hydroxyl groups is 8. The highest BCUT2D eigenvalue weighted by molar-refractivity contribution is 6.13. The molecule has 4 amide bonds. The van der Waals surface area contributed by atoms with Gasteiger partial charge in [0.15, 0.2) is 36.5 Å². The topological polar surface area (TPSA) is 550 Å². The number of aryl methyl sites for hydroxylation is 1. The Morgan fingerprint density at radius 3 is 1.63 bits per heavy atom. The Bertz CT molecular complexity index is 4460. The number of anilines is 1. The van der Waals surface area contributed by atoms with Crippen LogP contribution in [0.5, 0.6) is 0 Å². The number of nitrogens with one attached hydrogen (secondary N) is 3. The van der Waals surface area contributed by atoms with Gasteiger partial charge in [-0.15, -0.1) is 0 Å². The second-order valence-corrected chi connectivity index (χ2v) is 36.3. The van der Waals surface area contributed by atoms with Crippen molar-refractivity contribution in [3.63, 3.8) is 0 Å². The third-order valence-electron chi connectivity index (χ3n) is 27.2. The van der Waals surface area contributed by atoms with Crippen molar-refractivity contribution in [2.75, 3.05) is 146 Å². The van der Waals surface area contributed by atoms with Crippen LogP contribution in [-0.4, -0.2) is 357 Å². The number of carbonyl (C=O) groups excluding carboxylic acids is 11. The lowest BCUT2D eigenvalue weighted by Crippen LogP contribution is -2.80. The normalized spacial score (nSPS) is 24.4. The maximum atomic E-state index is 15.2. The number of imide groups is 1. The number of nitrogens with zero attached hydrogens (tertiary/aromatic N) is 4. The number of ketones is 1. The lowest BCUT2D eigenvalue weighted by Gasteiger charge is -2.63. The number of para-hydroxylation sites is 1. The molecule has 1 aliphatic carbocycles. The molecule has 19 atom stereocenters. The number of hydrogen-bond acceptors (Lipinski definition) is 35. The molecular formula is C99H153N7O33. The van der Waals surface area contributed by atoms with Gasteiger partial charge in [-0.1, -0.05) is 78.0 Å². The van der Waals surface area contributed by atoms with Gasteiger partial charge in [0.05, 0.1) is 75.7 Å². The number of rotatable bonds is 53. The number of hydrogen-bond donors (Lipinski definition) is 12. The summed E-state index contributed by atoms with van der Waals surface area (Å²) in [6.45, 7) is 20.8. The Kier molecular flexibility index (Phi) is 50.0. The van der Waals surface area contributed by atoms with Gasteiger partial charge in [-0.3, -0.25) is 57.9 Å².